The van der Waals surface area contributed by atoms with E-state index in [-0.39, 0.29) is 0 Å². The summed E-state index contributed by atoms with van der Waals surface area (Å²) in [4.78, 5) is 0. The van der Waals surface area contributed by atoms with Crippen LogP contribution in [0.15, 0.2) is 24.1 Å². The van der Waals surface area contributed by atoms with Crippen LogP contribution in [-0.4, -0.2) is 11.7 Å². The third-order valence-electron chi connectivity index (χ3n) is 4.75. The summed E-state index contributed by atoms with van der Waals surface area (Å²) >= 11 is 0. The number of hydrogen-bond donors (Lipinski definition) is 0. The summed E-state index contributed by atoms with van der Waals surface area (Å²) in [7, 11) is 1.75. The van der Waals surface area contributed by atoms with Crippen molar-refractivity contribution < 1.29 is 4.74 Å². The molecule has 1 aliphatic rings. The molecule has 0 radical (unpaired) electrons. The minimum Gasteiger partial charge on any atom is -0.504 e. The van der Waals surface area contributed by atoms with E-state index in [0.29, 0.717) is 6.04 Å². The first kappa shape index (κ1) is 14.2. The Hall–Kier alpha value is -1.18. The first-order chi connectivity index (χ1) is 9.17. The van der Waals surface area contributed by atoms with Gasteiger partial charge in [0.2, 0.25) is 0 Å². The number of rotatable bonds is 4. The van der Waals surface area contributed by atoms with Crippen LogP contribution in [-0.2, 0) is 11.2 Å². The molecular weight excluding hydrogens is 234 g/mol. The van der Waals surface area contributed by atoms with Gasteiger partial charge in [0, 0.05) is 17.9 Å². The van der Waals surface area contributed by atoms with E-state index in [4.69, 9.17) is 4.74 Å². The van der Waals surface area contributed by atoms with E-state index in [1.54, 1.807) is 7.11 Å². The molecule has 2 heteroatoms. The Bertz CT molecular complexity index is 434. The van der Waals surface area contributed by atoms with E-state index in [2.05, 4.69) is 37.6 Å². The fraction of sp³-hybridized carbons (Fsp3) is 0.647. The van der Waals surface area contributed by atoms with E-state index >= 15 is 0 Å². The Kier molecular flexibility index (Phi) is 4.73. The Morgan fingerprint density at radius 3 is 2.63 bits per heavy atom. The van der Waals surface area contributed by atoms with E-state index in [9.17, 15) is 0 Å². The molecule has 1 atom stereocenters. The fourth-order valence-corrected chi connectivity index (χ4v) is 3.39. The first-order valence-corrected chi connectivity index (χ1v) is 7.54. The summed E-state index contributed by atoms with van der Waals surface area (Å²) in [6, 6.07) is 2.90. The first-order valence-electron chi connectivity index (χ1n) is 7.54. The van der Waals surface area contributed by atoms with Crippen LogP contribution in [0.3, 0.4) is 0 Å². The monoisotopic (exact) mass is 261 g/mol. The molecule has 19 heavy (non-hydrogen) atoms. The topological polar surface area (TPSA) is 14.2 Å². The number of hydrogen-bond acceptors (Lipinski definition) is 1. The SMILES string of the molecule is CCc1ccn([C@H](C)C2CCC(=COC)CC2)c1C. The Morgan fingerprint density at radius 1 is 1.42 bits per heavy atom. The van der Waals surface area contributed by atoms with Crippen molar-refractivity contribution in [3.8, 4) is 0 Å². The summed E-state index contributed by atoms with van der Waals surface area (Å²) in [5, 5.41) is 0. The molecule has 1 aliphatic carbocycles. The third-order valence-corrected chi connectivity index (χ3v) is 4.75. The molecule has 0 bridgehead atoms. The Morgan fingerprint density at radius 2 is 2.11 bits per heavy atom. The van der Waals surface area contributed by atoms with E-state index < -0.39 is 0 Å². The number of allylic oxidation sites excluding steroid dienone is 1. The summed E-state index contributed by atoms with van der Waals surface area (Å²) in [5.74, 6) is 0.796. The second-order valence-corrected chi connectivity index (χ2v) is 5.78. The molecule has 0 N–H and O–H groups in total. The highest BCUT2D eigenvalue weighted by molar-refractivity contribution is 5.21. The lowest BCUT2D eigenvalue weighted by atomic mass is 9.82. The molecule has 106 valence electrons. The Balaban J connectivity index is 2.03. The van der Waals surface area contributed by atoms with Crippen molar-refractivity contribution in [2.45, 2.75) is 58.9 Å². The molecule has 0 aromatic carbocycles. The van der Waals surface area contributed by atoms with Gasteiger partial charge in [0.1, 0.15) is 0 Å². The van der Waals surface area contributed by atoms with Gasteiger partial charge in [-0.05, 0) is 69.1 Å². The molecule has 0 amide bonds. The zero-order valence-electron chi connectivity index (χ0n) is 12.8. The lowest BCUT2D eigenvalue weighted by Crippen LogP contribution is -2.20. The average molecular weight is 261 g/mol. The summed E-state index contributed by atoms with van der Waals surface area (Å²) in [6.45, 7) is 6.87. The molecule has 2 rings (SSSR count). The molecule has 1 aromatic heterocycles. The smallest absolute Gasteiger partial charge is 0.0816 e. The van der Waals surface area contributed by atoms with Crippen molar-refractivity contribution in [1.82, 2.24) is 4.57 Å². The van der Waals surface area contributed by atoms with Gasteiger partial charge in [0.15, 0.2) is 0 Å². The molecule has 0 saturated heterocycles. The van der Waals surface area contributed by atoms with Crippen molar-refractivity contribution in [2.75, 3.05) is 7.11 Å². The number of aromatic nitrogens is 1. The molecular formula is C17H27NO. The molecule has 2 nitrogen and oxygen atoms in total. The van der Waals surface area contributed by atoms with Gasteiger partial charge in [-0.1, -0.05) is 6.92 Å². The summed E-state index contributed by atoms with van der Waals surface area (Å²) in [6.07, 6.45) is 10.3. The number of aryl methyl sites for hydroxylation is 1. The normalized spacial score (nSPS) is 21.3. The van der Waals surface area contributed by atoms with E-state index in [0.717, 1.165) is 12.3 Å². The van der Waals surface area contributed by atoms with E-state index in [1.165, 1.54) is 42.5 Å². The number of methoxy groups -OCH3 is 1. The molecule has 0 unspecified atom stereocenters. The lowest BCUT2D eigenvalue weighted by Gasteiger charge is -2.31. The maximum absolute atomic E-state index is 5.13. The van der Waals surface area contributed by atoms with Crippen LogP contribution < -0.4 is 0 Å². The predicted molar refractivity (Wildman–Crippen MR) is 80.3 cm³/mol. The van der Waals surface area contributed by atoms with Gasteiger partial charge in [-0.2, -0.15) is 0 Å². The van der Waals surface area contributed by atoms with Gasteiger partial charge in [0.25, 0.3) is 0 Å². The van der Waals surface area contributed by atoms with Crippen LogP contribution in [0, 0.1) is 12.8 Å². The maximum atomic E-state index is 5.13. The van der Waals surface area contributed by atoms with Gasteiger partial charge >= 0.3 is 0 Å². The molecule has 1 saturated carbocycles. The highest BCUT2D eigenvalue weighted by atomic mass is 16.5. The van der Waals surface area contributed by atoms with Gasteiger partial charge in [0.05, 0.1) is 13.4 Å². The van der Waals surface area contributed by atoms with Crippen LogP contribution in [0.5, 0.6) is 0 Å². The van der Waals surface area contributed by atoms with Gasteiger partial charge in [-0.25, -0.2) is 0 Å². The van der Waals surface area contributed by atoms with Crippen LogP contribution in [0.25, 0.3) is 0 Å². The highest BCUT2D eigenvalue weighted by Crippen LogP contribution is 2.36. The molecule has 1 fully saturated rings. The van der Waals surface area contributed by atoms with Crippen molar-refractivity contribution in [2.24, 2.45) is 5.92 Å². The standard InChI is InChI=1S/C17H27NO/c1-5-16-10-11-18(13(16)2)14(3)17-8-6-15(7-9-17)12-19-4/h10-12,14,17H,5-9H2,1-4H3/t14-,17?/m1/s1. The van der Waals surface area contributed by atoms with Crippen molar-refractivity contribution >= 4 is 0 Å². The zero-order valence-corrected chi connectivity index (χ0v) is 12.8. The van der Waals surface area contributed by atoms with Crippen LogP contribution >= 0.6 is 0 Å². The minimum atomic E-state index is 0.615. The Labute approximate surface area is 117 Å². The van der Waals surface area contributed by atoms with Crippen LogP contribution in [0.4, 0.5) is 0 Å². The van der Waals surface area contributed by atoms with Gasteiger partial charge in [-0.15, -0.1) is 0 Å². The lowest BCUT2D eigenvalue weighted by molar-refractivity contribution is 0.276. The van der Waals surface area contributed by atoms with Crippen molar-refractivity contribution in [3.63, 3.8) is 0 Å². The van der Waals surface area contributed by atoms with Crippen molar-refractivity contribution in [3.05, 3.63) is 35.4 Å². The van der Waals surface area contributed by atoms with Gasteiger partial charge in [-0.3, -0.25) is 0 Å². The highest BCUT2D eigenvalue weighted by Gasteiger charge is 2.24. The molecule has 1 aromatic rings. The largest absolute Gasteiger partial charge is 0.504 e. The maximum Gasteiger partial charge on any atom is 0.0816 e. The van der Waals surface area contributed by atoms with Gasteiger partial charge < -0.3 is 9.30 Å². The average Bonchev–Trinajstić information content (AvgIpc) is 2.80. The minimum absolute atomic E-state index is 0.615. The second-order valence-electron chi connectivity index (χ2n) is 5.78. The third kappa shape index (κ3) is 3.05. The zero-order chi connectivity index (χ0) is 13.8. The summed E-state index contributed by atoms with van der Waals surface area (Å²) < 4.78 is 7.61. The van der Waals surface area contributed by atoms with E-state index in [1.807, 2.05) is 6.26 Å². The van der Waals surface area contributed by atoms with Crippen LogP contribution in [0.2, 0.25) is 0 Å². The molecule has 1 heterocycles. The molecule has 0 spiro atoms. The predicted octanol–water partition coefficient (Wildman–Crippen LogP) is 4.64. The second kappa shape index (κ2) is 6.31. The van der Waals surface area contributed by atoms with Crippen molar-refractivity contribution in [1.29, 1.82) is 0 Å². The quantitative estimate of drug-likeness (QED) is 0.720. The number of ether oxygens (including phenoxy) is 1. The number of nitrogens with zero attached hydrogens (tertiary/aromatic N) is 1. The molecule has 0 aliphatic heterocycles. The fourth-order valence-electron chi connectivity index (χ4n) is 3.39. The van der Waals surface area contributed by atoms with Crippen LogP contribution in [0.1, 0.15) is 56.8 Å². The summed E-state index contributed by atoms with van der Waals surface area (Å²) in [5.41, 5.74) is 4.42.